The van der Waals surface area contributed by atoms with Gasteiger partial charge < -0.3 is 5.11 Å². The van der Waals surface area contributed by atoms with Gasteiger partial charge in [-0.15, -0.1) is 0 Å². The third kappa shape index (κ3) is 3.98. The number of rotatable bonds is 4. The molecule has 4 rings (SSSR count). The van der Waals surface area contributed by atoms with Crippen LogP contribution < -0.4 is 0 Å². The first kappa shape index (κ1) is 17.3. The lowest BCUT2D eigenvalue weighted by Gasteiger charge is -2.51. The topological polar surface area (TPSA) is 30.0 Å². The first-order valence-corrected chi connectivity index (χ1v) is 10.6. The predicted molar refractivity (Wildman–Crippen MR) is 98.3 cm³/mol. The molecule has 2 saturated carbocycles. The van der Waals surface area contributed by atoms with Crippen molar-refractivity contribution in [3.63, 3.8) is 0 Å². The van der Waals surface area contributed by atoms with Gasteiger partial charge in [-0.25, -0.2) is 0 Å². The smallest absolute Gasteiger partial charge is 0.0774 e. The number of likely N-dealkylation sites (tertiary alicyclic amines) is 1. The fourth-order valence-electron chi connectivity index (χ4n) is 5.60. The Bertz CT molecular complexity index is 390. The standard InChI is InChI=1S/C20H37N3O/c24-20(9-5-2-6-10-20)17-21-15-19(16-21)23-13-11-22(12-14-23)18-7-3-1-4-8-18/h18-19,24H,1-17H2. The van der Waals surface area contributed by atoms with Crippen LogP contribution in [-0.4, -0.2) is 83.3 Å². The van der Waals surface area contributed by atoms with Crippen molar-refractivity contribution < 1.29 is 5.11 Å². The average molecular weight is 336 g/mol. The van der Waals surface area contributed by atoms with Crippen LogP contribution in [0.4, 0.5) is 0 Å². The summed E-state index contributed by atoms with van der Waals surface area (Å²) in [5.74, 6) is 0. The van der Waals surface area contributed by atoms with E-state index in [1.54, 1.807) is 0 Å². The summed E-state index contributed by atoms with van der Waals surface area (Å²) in [6, 6.07) is 1.64. The molecule has 0 unspecified atom stereocenters. The maximum Gasteiger partial charge on any atom is 0.0774 e. The van der Waals surface area contributed by atoms with Gasteiger partial charge in [-0.3, -0.25) is 14.7 Å². The summed E-state index contributed by atoms with van der Waals surface area (Å²) < 4.78 is 0. The molecule has 0 spiro atoms. The van der Waals surface area contributed by atoms with Gasteiger partial charge in [0.05, 0.1) is 5.60 Å². The lowest BCUT2D eigenvalue weighted by atomic mass is 9.83. The molecule has 0 atom stereocenters. The monoisotopic (exact) mass is 335 g/mol. The highest BCUT2D eigenvalue weighted by Crippen LogP contribution is 2.31. The van der Waals surface area contributed by atoms with Gasteiger partial charge in [0.2, 0.25) is 0 Å². The molecule has 24 heavy (non-hydrogen) atoms. The number of β-amino-alcohol motifs (C(OH)–C–C–N with tert-alkyl or cyclic N) is 1. The van der Waals surface area contributed by atoms with Crippen LogP contribution in [0.2, 0.25) is 0 Å². The van der Waals surface area contributed by atoms with Gasteiger partial charge in [0, 0.05) is 57.9 Å². The lowest BCUT2D eigenvalue weighted by molar-refractivity contribution is -0.0701. The lowest BCUT2D eigenvalue weighted by Crippen LogP contribution is -2.65. The molecular weight excluding hydrogens is 298 g/mol. The van der Waals surface area contributed by atoms with E-state index >= 15 is 0 Å². The molecule has 4 fully saturated rings. The fourth-order valence-corrected chi connectivity index (χ4v) is 5.60. The van der Waals surface area contributed by atoms with Gasteiger partial charge in [0.25, 0.3) is 0 Å². The van der Waals surface area contributed by atoms with Crippen LogP contribution >= 0.6 is 0 Å². The number of nitrogens with zero attached hydrogens (tertiary/aromatic N) is 3. The van der Waals surface area contributed by atoms with Crippen molar-refractivity contribution in [1.29, 1.82) is 0 Å². The molecule has 0 bridgehead atoms. The Kier molecular flexibility index (Phi) is 5.47. The van der Waals surface area contributed by atoms with Crippen LogP contribution in [0.25, 0.3) is 0 Å². The molecule has 2 heterocycles. The zero-order valence-electron chi connectivity index (χ0n) is 15.5. The minimum Gasteiger partial charge on any atom is -0.389 e. The first-order valence-electron chi connectivity index (χ1n) is 10.6. The molecule has 0 aromatic heterocycles. The Labute approximate surface area is 148 Å². The Morgan fingerprint density at radius 1 is 0.708 bits per heavy atom. The van der Waals surface area contributed by atoms with E-state index in [2.05, 4.69) is 14.7 Å². The number of piperazine rings is 1. The molecule has 2 aliphatic heterocycles. The summed E-state index contributed by atoms with van der Waals surface area (Å²) in [6.45, 7) is 8.39. The Hall–Kier alpha value is -0.160. The largest absolute Gasteiger partial charge is 0.389 e. The zero-order chi connectivity index (χ0) is 16.4. The van der Waals surface area contributed by atoms with Crippen LogP contribution in [-0.2, 0) is 0 Å². The van der Waals surface area contributed by atoms with Crippen LogP contribution in [0.1, 0.15) is 64.2 Å². The summed E-state index contributed by atoms with van der Waals surface area (Å²) in [6.07, 6.45) is 13.0. The highest BCUT2D eigenvalue weighted by atomic mass is 16.3. The average Bonchev–Trinajstić information content (AvgIpc) is 2.59. The van der Waals surface area contributed by atoms with Crippen LogP contribution in [0.3, 0.4) is 0 Å². The number of hydrogen-bond donors (Lipinski definition) is 1. The molecule has 4 heteroatoms. The summed E-state index contributed by atoms with van der Waals surface area (Å²) >= 11 is 0. The van der Waals surface area contributed by atoms with E-state index in [-0.39, 0.29) is 5.60 Å². The molecule has 0 amide bonds. The van der Waals surface area contributed by atoms with Gasteiger partial charge in [-0.05, 0) is 25.7 Å². The van der Waals surface area contributed by atoms with Crippen molar-refractivity contribution in [3.05, 3.63) is 0 Å². The number of aliphatic hydroxyl groups is 1. The van der Waals surface area contributed by atoms with Gasteiger partial charge in [0.1, 0.15) is 0 Å². The van der Waals surface area contributed by atoms with Crippen LogP contribution in [0, 0.1) is 0 Å². The molecule has 4 nitrogen and oxygen atoms in total. The van der Waals surface area contributed by atoms with Gasteiger partial charge in [-0.2, -0.15) is 0 Å². The molecule has 2 saturated heterocycles. The zero-order valence-corrected chi connectivity index (χ0v) is 15.5. The van der Waals surface area contributed by atoms with Gasteiger partial charge in [0.15, 0.2) is 0 Å². The summed E-state index contributed by atoms with van der Waals surface area (Å²) in [4.78, 5) is 8.00. The second-order valence-corrected chi connectivity index (χ2v) is 9.00. The third-order valence-electron chi connectivity index (χ3n) is 7.20. The molecule has 0 radical (unpaired) electrons. The maximum atomic E-state index is 10.7. The van der Waals surface area contributed by atoms with E-state index in [4.69, 9.17) is 0 Å². The van der Waals surface area contributed by atoms with Crippen molar-refractivity contribution in [2.24, 2.45) is 0 Å². The highest BCUT2D eigenvalue weighted by Gasteiger charge is 2.39. The van der Waals surface area contributed by atoms with E-state index in [1.165, 1.54) is 90.6 Å². The van der Waals surface area contributed by atoms with Crippen molar-refractivity contribution in [2.45, 2.75) is 81.9 Å². The second-order valence-electron chi connectivity index (χ2n) is 9.00. The van der Waals surface area contributed by atoms with Crippen molar-refractivity contribution in [2.75, 3.05) is 45.8 Å². The Balaban J connectivity index is 1.17. The molecule has 138 valence electrons. The van der Waals surface area contributed by atoms with E-state index in [0.29, 0.717) is 0 Å². The Morgan fingerprint density at radius 2 is 1.25 bits per heavy atom. The molecular formula is C20H37N3O. The highest BCUT2D eigenvalue weighted by molar-refractivity contribution is 4.95. The summed E-state index contributed by atoms with van der Waals surface area (Å²) in [7, 11) is 0. The molecule has 0 aromatic carbocycles. The van der Waals surface area contributed by atoms with Crippen molar-refractivity contribution in [3.8, 4) is 0 Å². The van der Waals surface area contributed by atoms with Gasteiger partial charge >= 0.3 is 0 Å². The second kappa shape index (κ2) is 7.61. The van der Waals surface area contributed by atoms with Crippen LogP contribution in [0.15, 0.2) is 0 Å². The van der Waals surface area contributed by atoms with Crippen molar-refractivity contribution >= 4 is 0 Å². The van der Waals surface area contributed by atoms with E-state index in [9.17, 15) is 5.11 Å². The molecule has 0 aromatic rings. The summed E-state index contributed by atoms with van der Waals surface area (Å²) in [5.41, 5.74) is -0.372. The number of hydrogen-bond acceptors (Lipinski definition) is 4. The fraction of sp³-hybridized carbons (Fsp3) is 1.00. The predicted octanol–water partition coefficient (Wildman–Crippen LogP) is 2.32. The molecule has 4 aliphatic rings. The SMILES string of the molecule is OC1(CN2CC(N3CCN(C4CCCCC4)CC3)C2)CCCCC1. The molecule has 2 aliphatic carbocycles. The first-order chi connectivity index (χ1) is 11.7. The quantitative estimate of drug-likeness (QED) is 0.854. The summed E-state index contributed by atoms with van der Waals surface area (Å²) in [5, 5.41) is 10.7. The Morgan fingerprint density at radius 3 is 1.88 bits per heavy atom. The maximum absolute atomic E-state index is 10.7. The minimum atomic E-state index is -0.372. The van der Waals surface area contributed by atoms with Gasteiger partial charge in [-0.1, -0.05) is 38.5 Å². The van der Waals surface area contributed by atoms with Crippen LogP contribution in [0.5, 0.6) is 0 Å². The molecule has 1 N–H and O–H groups in total. The van der Waals surface area contributed by atoms with Crippen molar-refractivity contribution in [1.82, 2.24) is 14.7 Å². The van der Waals surface area contributed by atoms with E-state index < -0.39 is 0 Å². The van der Waals surface area contributed by atoms with E-state index in [0.717, 1.165) is 31.5 Å². The minimum absolute atomic E-state index is 0.372. The third-order valence-corrected chi connectivity index (χ3v) is 7.20. The van der Waals surface area contributed by atoms with E-state index in [1.807, 2.05) is 0 Å². The normalized spacial score (nSPS) is 31.9.